The summed E-state index contributed by atoms with van der Waals surface area (Å²) in [5, 5.41) is 10.0. The Morgan fingerprint density at radius 2 is 2.35 bits per heavy atom. The summed E-state index contributed by atoms with van der Waals surface area (Å²) in [6.45, 7) is 0. The number of fused-ring (bicyclic) bond motifs is 1. The minimum Gasteiger partial charge on any atom is -0.452 e. The number of nitrogens with zero attached hydrogens (tertiary/aromatic N) is 2. The second-order valence-corrected chi connectivity index (χ2v) is 3.87. The van der Waals surface area contributed by atoms with E-state index in [4.69, 9.17) is 16.9 Å². The first-order valence-electron chi connectivity index (χ1n) is 4.92. The molecule has 0 radical (unpaired) electrons. The van der Waals surface area contributed by atoms with Crippen molar-refractivity contribution >= 4 is 28.6 Å². The van der Waals surface area contributed by atoms with Crippen LogP contribution in [0.1, 0.15) is 5.56 Å². The van der Waals surface area contributed by atoms with Crippen molar-refractivity contribution < 1.29 is 9.53 Å². The topological polar surface area (TPSA) is 55.0 Å². The minimum atomic E-state index is -0.499. The lowest BCUT2D eigenvalue weighted by Gasteiger charge is -2.01. The van der Waals surface area contributed by atoms with Crippen LogP contribution in [-0.2, 0) is 11.2 Å². The molecule has 0 aliphatic carbocycles. The van der Waals surface area contributed by atoms with E-state index in [1.165, 1.54) is 11.7 Å². The van der Waals surface area contributed by atoms with Crippen molar-refractivity contribution in [3.05, 3.63) is 35.0 Å². The summed E-state index contributed by atoms with van der Waals surface area (Å²) in [6, 6.07) is 7.29. The Kier molecular flexibility index (Phi) is 3.03. The maximum absolute atomic E-state index is 11.6. The molecule has 0 bridgehead atoms. The van der Waals surface area contributed by atoms with Gasteiger partial charge in [-0.1, -0.05) is 17.7 Å². The SMILES string of the molecule is COC(=O)n1cc(CC#N)c2c(Cl)cccc21. The Balaban J connectivity index is 2.76. The quantitative estimate of drug-likeness (QED) is 0.780. The van der Waals surface area contributed by atoms with Crippen molar-refractivity contribution in [3.8, 4) is 6.07 Å². The highest BCUT2D eigenvalue weighted by Gasteiger charge is 2.15. The zero-order valence-electron chi connectivity index (χ0n) is 9.11. The molecule has 0 amide bonds. The molecule has 17 heavy (non-hydrogen) atoms. The van der Waals surface area contributed by atoms with Crippen LogP contribution < -0.4 is 0 Å². The van der Waals surface area contributed by atoms with Crippen molar-refractivity contribution in [2.24, 2.45) is 0 Å². The second kappa shape index (κ2) is 4.48. The van der Waals surface area contributed by atoms with Gasteiger partial charge in [0.15, 0.2) is 0 Å². The fourth-order valence-electron chi connectivity index (χ4n) is 1.79. The molecule has 0 spiro atoms. The Morgan fingerprint density at radius 3 is 3.00 bits per heavy atom. The average Bonchev–Trinajstić information content (AvgIpc) is 2.69. The van der Waals surface area contributed by atoms with Gasteiger partial charge in [-0.3, -0.25) is 4.57 Å². The Bertz CT molecular complexity index is 625. The number of carbonyl (C=O) groups is 1. The van der Waals surface area contributed by atoms with Gasteiger partial charge >= 0.3 is 6.09 Å². The van der Waals surface area contributed by atoms with Crippen LogP contribution in [0.15, 0.2) is 24.4 Å². The fraction of sp³-hybridized carbons (Fsp3) is 0.167. The molecule has 4 nitrogen and oxygen atoms in total. The zero-order valence-corrected chi connectivity index (χ0v) is 9.86. The van der Waals surface area contributed by atoms with Crippen LogP contribution in [0.4, 0.5) is 4.79 Å². The number of halogens is 1. The van der Waals surface area contributed by atoms with E-state index >= 15 is 0 Å². The number of nitriles is 1. The van der Waals surface area contributed by atoms with Gasteiger partial charge < -0.3 is 4.74 Å². The normalized spacial score (nSPS) is 10.2. The van der Waals surface area contributed by atoms with Crippen LogP contribution in [-0.4, -0.2) is 17.8 Å². The largest absolute Gasteiger partial charge is 0.452 e. The highest BCUT2D eigenvalue weighted by molar-refractivity contribution is 6.35. The van der Waals surface area contributed by atoms with Gasteiger partial charge in [-0.15, -0.1) is 0 Å². The number of aromatic nitrogens is 1. The number of ether oxygens (including phenoxy) is 1. The van der Waals surface area contributed by atoms with Crippen LogP contribution in [0.2, 0.25) is 5.02 Å². The van der Waals surface area contributed by atoms with Crippen molar-refractivity contribution in [3.63, 3.8) is 0 Å². The first-order valence-corrected chi connectivity index (χ1v) is 5.30. The van der Waals surface area contributed by atoms with Crippen molar-refractivity contribution in [2.45, 2.75) is 6.42 Å². The smallest absolute Gasteiger partial charge is 0.418 e. The molecule has 1 heterocycles. The van der Waals surface area contributed by atoms with E-state index in [2.05, 4.69) is 4.74 Å². The lowest BCUT2D eigenvalue weighted by atomic mass is 10.1. The molecule has 0 aliphatic rings. The predicted octanol–water partition coefficient (Wildman–Crippen LogP) is 2.98. The molecule has 0 N–H and O–H groups in total. The molecule has 0 saturated carbocycles. The summed E-state index contributed by atoms with van der Waals surface area (Å²) in [5.74, 6) is 0. The first kappa shape index (κ1) is 11.5. The average molecular weight is 249 g/mol. The van der Waals surface area contributed by atoms with E-state index < -0.39 is 6.09 Å². The first-order chi connectivity index (χ1) is 8.19. The summed E-state index contributed by atoms with van der Waals surface area (Å²) in [5.41, 5.74) is 1.37. The van der Waals surface area contributed by atoms with Gasteiger partial charge in [0.2, 0.25) is 0 Å². The summed E-state index contributed by atoms with van der Waals surface area (Å²) in [6.07, 6.45) is 1.29. The lowest BCUT2D eigenvalue weighted by molar-refractivity contribution is 0.174. The number of hydrogen-bond donors (Lipinski definition) is 0. The monoisotopic (exact) mass is 248 g/mol. The van der Waals surface area contributed by atoms with Crippen molar-refractivity contribution in [1.29, 1.82) is 5.26 Å². The molecule has 0 fully saturated rings. The Morgan fingerprint density at radius 1 is 1.59 bits per heavy atom. The van der Waals surface area contributed by atoms with E-state index in [1.807, 2.05) is 6.07 Å². The van der Waals surface area contributed by atoms with Crippen molar-refractivity contribution in [2.75, 3.05) is 7.11 Å². The summed E-state index contributed by atoms with van der Waals surface area (Å²) in [4.78, 5) is 11.6. The van der Waals surface area contributed by atoms with E-state index in [0.29, 0.717) is 10.5 Å². The van der Waals surface area contributed by atoms with Gasteiger partial charge in [0.05, 0.1) is 30.1 Å². The summed E-state index contributed by atoms with van der Waals surface area (Å²) in [7, 11) is 1.31. The lowest BCUT2D eigenvalue weighted by Crippen LogP contribution is -2.09. The molecule has 0 saturated heterocycles. The number of methoxy groups -OCH3 is 1. The van der Waals surface area contributed by atoms with Gasteiger partial charge in [-0.25, -0.2) is 4.79 Å². The predicted molar refractivity (Wildman–Crippen MR) is 64.1 cm³/mol. The van der Waals surface area contributed by atoms with Gasteiger partial charge in [0.25, 0.3) is 0 Å². The van der Waals surface area contributed by atoms with Crippen molar-refractivity contribution in [1.82, 2.24) is 4.57 Å². The second-order valence-electron chi connectivity index (χ2n) is 3.46. The van der Waals surface area contributed by atoms with E-state index in [0.717, 1.165) is 10.9 Å². The number of hydrogen-bond acceptors (Lipinski definition) is 3. The van der Waals surface area contributed by atoms with Crippen LogP contribution >= 0.6 is 11.6 Å². The number of benzene rings is 1. The molecule has 0 atom stereocenters. The molecule has 1 aromatic heterocycles. The number of carbonyl (C=O) groups excluding carboxylic acids is 1. The highest BCUT2D eigenvalue weighted by atomic mass is 35.5. The fourth-order valence-corrected chi connectivity index (χ4v) is 2.08. The maximum Gasteiger partial charge on any atom is 0.418 e. The zero-order chi connectivity index (χ0) is 12.4. The van der Waals surface area contributed by atoms with Gasteiger partial charge in [0.1, 0.15) is 0 Å². The van der Waals surface area contributed by atoms with Crippen LogP contribution in [0, 0.1) is 11.3 Å². The molecule has 1 aromatic carbocycles. The van der Waals surface area contributed by atoms with Crippen LogP contribution in [0.5, 0.6) is 0 Å². The molecule has 2 rings (SSSR count). The van der Waals surface area contributed by atoms with Crippen LogP contribution in [0.25, 0.3) is 10.9 Å². The molecule has 0 aliphatic heterocycles. The van der Waals surface area contributed by atoms with Gasteiger partial charge in [0, 0.05) is 11.6 Å². The minimum absolute atomic E-state index is 0.199. The molecule has 86 valence electrons. The third-order valence-electron chi connectivity index (χ3n) is 2.50. The van der Waals surface area contributed by atoms with E-state index in [1.54, 1.807) is 24.4 Å². The highest BCUT2D eigenvalue weighted by Crippen LogP contribution is 2.29. The van der Waals surface area contributed by atoms with Gasteiger partial charge in [-0.05, 0) is 17.7 Å². The molecular formula is C12H9ClN2O2. The Hall–Kier alpha value is -1.99. The van der Waals surface area contributed by atoms with Gasteiger partial charge in [-0.2, -0.15) is 5.26 Å². The molecule has 2 aromatic rings. The van der Waals surface area contributed by atoms with E-state index in [-0.39, 0.29) is 6.42 Å². The summed E-state index contributed by atoms with van der Waals surface area (Å²) < 4.78 is 6.03. The Labute approximate surface area is 103 Å². The maximum atomic E-state index is 11.6. The summed E-state index contributed by atoms with van der Waals surface area (Å²) >= 11 is 6.08. The standard InChI is InChI=1S/C12H9ClN2O2/c1-17-12(16)15-7-8(5-6-14)11-9(13)3-2-4-10(11)15/h2-4,7H,5H2,1H3. The molecule has 0 unspecified atom stereocenters. The van der Waals surface area contributed by atoms with Crippen LogP contribution in [0.3, 0.4) is 0 Å². The van der Waals surface area contributed by atoms with E-state index in [9.17, 15) is 4.79 Å². The third kappa shape index (κ3) is 1.85. The third-order valence-corrected chi connectivity index (χ3v) is 2.81. The molecular weight excluding hydrogens is 240 g/mol. The number of rotatable bonds is 1. The molecule has 5 heteroatoms.